The van der Waals surface area contributed by atoms with E-state index in [2.05, 4.69) is 4.90 Å². The standard InChI is InChI=1S/C18H27N3O.2ClH/c1-14-7-8-15(19)13-17(14)18(22)21-10-4-9-20(11-12-21)16-5-2-3-6-16;;/h7-8,13,16H,2-6,9-12,19H2,1H3;2*1H. The van der Waals surface area contributed by atoms with Crippen LogP contribution in [0.4, 0.5) is 5.69 Å². The second kappa shape index (κ2) is 9.50. The van der Waals surface area contributed by atoms with Crippen molar-refractivity contribution in [2.75, 3.05) is 31.9 Å². The SMILES string of the molecule is Cc1ccc(N)cc1C(=O)N1CCCN(C2CCCC2)CC1.Cl.Cl. The Bertz CT molecular complexity index is 547. The molecule has 0 unspecified atom stereocenters. The average Bonchev–Trinajstić information content (AvgIpc) is 2.94. The molecule has 2 fully saturated rings. The van der Waals surface area contributed by atoms with Crippen molar-refractivity contribution in [3.05, 3.63) is 29.3 Å². The normalized spacial score (nSPS) is 19.3. The Morgan fingerprint density at radius 3 is 2.46 bits per heavy atom. The molecule has 6 heteroatoms. The Kier molecular flexibility index (Phi) is 8.34. The van der Waals surface area contributed by atoms with Gasteiger partial charge in [-0.3, -0.25) is 9.69 Å². The van der Waals surface area contributed by atoms with Crippen LogP contribution in [0.2, 0.25) is 0 Å². The maximum absolute atomic E-state index is 12.8. The van der Waals surface area contributed by atoms with E-state index in [4.69, 9.17) is 5.73 Å². The van der Waals surface area contributed by atoms with Gasteiger partial charge in [-0.2, -0.15) is 0 Å². The van der Waals surface area contributed by atoms with E-state index >= 15 is 0 Å². The molecule has 2 aliphatic rings. The molecule has 0 atom stereocenters. The maximum Gasteiger partial charge on any atom is 0.254 e. The van der Waals surface area contributed by atoms with E-state index in [0.717, 1.165) is 49.8 Å². The smallest absolute Gasteiger partial charge is 0.254 e. The van der Waals surface area contributed by atoms with Gasteiger partial charge in [0.25, 0.3) is 5.91 Å². The van der Waals surface area contributed by atoms with Gasteiger partial charge in [-0.15, -0.1) is 24.8 Å². The lowest BCUT2D eigenvalue weighted by Gasteiger charge is -2.27. The monoisotopic (exact) mass is 373 g/mol. The number of nitrogens with zero attached hydrogens (tertiary/aromatic N) is 2. The molecule has 4 nitrogen and oxygen atoms in total. The molecular formula is C18H29Cl2N3O. The minimum Gasteiger partial charge on any atom is -0.399 e. The maximum atomic E-state index is 12.8. The van der Waals surface area contributed by atoms with Gasteiger partial charge in [-0.05, 0) is 43.9 Å². The average molecular weight is 374 g/mol. The fraction of sp³-hybridized carbons (Fsp3) is 0.611. The molecule has 1 amide bonds. The number of aryl methyl sites for hydroxylation is 1. The molecular weight excluding hydrogens is 345 g/mol. The van der Waals surface area contributed by atoms with Crippen LogP contribution in [-0.4, -0.2) is 47.9 Å². The van der Waals surface area contributed by atoms with Crippen molar-refractivity contribution in [1.82, 2.24) is 9.80 Å². The molecule has 1 saturated heterocycles. The second-order valence-electron chi connectivity index (χ2n) is 6.69. The molecule has 1 heterocycles. The fourth-order valence-corrected chi connectivity index (χ4v) is 3.82. The first kappa shape index (κ1) is 21.1. The summed E-state index contributed by atoms with van der Waals surface area (Å²) in [4.78, 5) is 17.4. The van der Waals surface area contributed by atoms with Gasteiger partial charge < -0.3 is 10.6 Å². The molecule has 0 aromatic heterocycles. The quantitative estimate of drug-likeness (QED) is 0.806. The number of carbonyl (C=O) groups is 1. The second-order valence-corrected chi connectivity index (χ2v) is 6.69. The van der Waals surface area contributed by atoms with Crippen LogP contribution in [-0.2, 0) is 0 Å². The molecule has 1 aliphatic carbocycles. The number of benzene rings is 1. The predicted octanol–water partition coefficient (Wildman–Crippen LogP) is 3.51. The van der Waals surface area contributed by atoms with E-state index in [0.29, 0.717) is 5.69 Å². The predicted molar refractivity (Wildman–Crippen MR) is 104 cm³/mol. The largest absolute Gasteiger partial charge is 0.399 e. The molecule has 136 valence electrons. The van der Waals surface area contributed by atoms with Gasteiger partial charge in [0, 0.05) is 43.5 Å². The highest BCUT2D eigenvalue weighted by Gasteiger charge is 2.26. The molecule has 1 aliphatic heterocycles. The van der Waals surface area contributed by atoms with Gasteiger partial charge in [0.1, 0.15) is 0 Å². The van der Waals surface area contributed by atoms with Gasteiger partial charge in [-0.1, -0.05) is 18.9 Å². The summed E-state index contributed by atoms with van der Waals surface area (Å²) in [6.07, 6.45) is 6.48. The first-order chi connectivity index (χ1) is 10.6. The number of carbonyl (C=O) groups excluding carboxylic acids is 1. The third-order valence-electron chi connectivity index (χ3n) is 5.15. The van der Waals surface area contributed by atoms with Crippen molar-refractivity contribution in [1.29, 1.82) is 0 Å². The zero-order valence-corrected chi connectivity index (χ0v) is 16.0. The Morgan fingerprint density at radius 1 is 1.04 bits per heavy atom. The molecule has 0 radical (unpaired) electrons. The first-order valence-corrected chi connectivity index (χ1v) is 8.54. The number of halogens is 2. The Morgan fingerprint density at radius 2 is 1.75 bits per heavy atom. The molecule has 24 heavy (non-hydrogen) atoms. The Labute approximate surface area is 157 Å². The minimum atomic E-state index is 0. The van der Waals surface area contributed by atoms with Crippen LogP contribution in [0.15, 0.2) is 18.2 Å². The molecule has 1 aromatic carbocycles. The molecule has 0 bridgehead atoms. The first-order valence-electron chi connectivity index (χ1n) is 8.54. The minimum absolute atomic E-state index is 0. The van der Waals surface area contributed by atoms with Crippen molar-refractivity contribution in [3.63, 3.8) is 0 Å². The van der Waals surface area contributed by atoms with E-state index in [1.165, 1.54) is 25.7 Å². The van der Waals surface area contributed by atoms with Crippen molar-refractivity contribution in [2.45, 2.75) is 45.1 Å². The Hall–Kier alpha value is -0.970. The van der Waals surface area contributed by atoms with Crippen LogP contribution in [0.3, 0.4) is 0 Å². The fourth-order valence-electron chi connectivity index (χ4n) is 3.82. The summed E-state index contributed by atoms with van der Waals surface area (Å²) in [6.45, 7) is 5.82. The number of amides is 1. The van der Waals surface area contributed by atoms with E-state index in [1.54, 1.807) is 0 Å². The van der Waals surface area contributed by atoms with E-state index < -0.39 is 0 Å². The van der Waals surface area contributed by atoms with Crippen LogP contribution in [0.25, 0.3) is 0 Å². The third-order valence-corrected chi connectivity index (χ3v) is 5.15. The van der Waals surface area contributed by atoms with Crippen LogP contribution >= 0.6 is 24.8 Å². The van der Waals surface area contributed by atoms with Crippen LogP contribution < -0.4 is 5.73 Å². The zero-order valence-electron chi connectivity index (χ0n) is 14.4. The summed E-state index contributed by atoms with van der Waals surface area (Å²) < 4.78 is 0. The summed E-state index contributed by atoms with van der Waals surface area (Å²) in [5, 5.41) is 0. The van der Waals surface area contributed by atoms with Gasteiger partial charge >= 0.3 is 0 Å². The van der Waals surface area contributed by atoms with Gasteiger partial charge in [-0.25, -0.2) is 0 Å². The number of hydrogen-bond acceptors (Lipinski definition) is 3. The summed E-state index contributed by atoms with van der Waals surface area (Å²) in [7, 11) is 0. The lowest BCUT2D eigenvalue weighted by molar-refractivity contribution is 0.0757. The van der Waals surface area contributed by atoms with Gasteiger partial charge in [0.2, 0.25) is 0 Å². The number of rotatable bonds is 2. The van der Waals surface area contributed by atoms with E-state index in [-0.39, 0.29) is 30.7 Å². The van der Waals surface area contributed by atoms with Crippen molar-refractivity contribution < 1.29 is 4.79 Å². The van der Waals surface area contributed by atoms with Crippen LogP contribution in [0, 0.1) is 6.92 Å². The summed E-state index contributed by atoms with van der Waals surface area (Å²) in [6, 6.07) is 6.36. The van der Waals surface area contributed by atoms with Gasteiger partial charge in [0.05, 0.1) is 0 Å². The van der Waals surface area contributed by atoms with Gasteiger partial charge in [0.15, 0.2) is 0 Å². The molecule has 0 spiro atoms. The lowest BCUT2D eigenvalue weighted by atomic mass is 10.1. The molecule has 3 rings (SSSR count). The highest BCUT2D eigenvalue weighted by atomic mass is 35.5. The van der Waals surface area contributed by atoms with E-state index in [1.807, 2.05) is 30.0 Å². The number of hydrogen-bond donors (Lipinski definition) is 1. The van der Waals surface area contributed by atoms with E-state index in [9.17, 15) is 4.79 Å². The van der Waals surface area contributed by atoms with Crippen LogP contribution in [0.5, 0.6) is 0 Å². The topological polar surface area (TPSA) is 49.6 Å². The molecule has 1 aromatic rings. The Balaban J connectivity index is 0.00000144. The van der Waals surface area contributed by atoms with Crippen molar-refractivity contribution in [3.8, 4) is 0 Å². The third kappa shape index (κ3) is 4.78. The summed E-state index contributed by atoms with van der Waals surface area (Å²) in [5.74, 6) is 0.137. The van der Waals surface area contributed by atoms with Crippen LogP contribution in [0.1, 0.15) is 48.0 Å². The lowest BCUT2D eigenvalue weighted by Crippen LogP contribution is -2.38. The molecule has 1 saturated carbocycles. The molecule has 2 N–H and O–H groups in total. The summed E-state index contributed by atoms with van der Waals surface area (Å²) in [5.41, 5.74) is 8.28. The highest BCUT2D eigenvalue weighted by molar-refractivity contribution is 5.96. The van der Waals surface area contributed by atoms with Crippen molar-refractivity contribution >= 4 is 36.4 Å². The van der Waals surface area contributed by atoms with Crippen molar-refractivity contribution in [2.24, 2.45) is 0 Å². The highest BCUT2D eigenvalue weighted by Crippen LogP contribution is 2.25. The number of anilines is 1. The number of nitrogens with two attached hydrogens (primary N) is 1. The number of nitrogen functional groups attached to an aromatic ring is 1. The zero-order chi connectivity index (χ0) is 15.5. The summed E-state index contributed by atoms with van der Waals surface area (Å²) >= 11 is 0.